The number of carbonyl (C=O) groups is 1. The second-order valence-corrected chi connectivity index (χ2v) is 9.20. The van der Waals surface area contributed by atoms with Crippen LogP contribution < -0.4 is 5.56 Å². The zero-order valence-corrected chi connectivity index (χ0v) is 19.6. The third-order valence-corrected chi connectivity index (χ3v) is 6.84. The minimum absolute atomic E-state index is 0.0347. The maximum absolute atomic E-state index is 13.7. The molecule has 37 heavy (non-hydrogen) atoms. The number of hydrogen-bond donors (Lipinski definition) is 0. The van der Waals surface area contributed by atoms with Crippen molar-refractivity contribution in [3.8, 4) is 0 Å². The third kappa shape index (κ3) is 4.25. The van der Waals surface area contributed by atoms with Crippen molar-refractivity contribution >= 4 is 6.09 Å². The quantitative estimate of drug-likeness (QED) is 0.462. The summed E-state index contributed by atoms with van der Waals surface area (Å²) in [6.07, 6.45) is -4.55. The average Bonchev–Trinajstić information content (AvgIpc) is 2.87. The number of amides is 1. The number of aromatic nitrogens is 2. The van der Waals surface area contributed by atoms with Gasteiger partial charge >= 0.3 is 17.9 Å². The van der Waals surface area contributed by atoms with E-state index in [0.29, 0.717) is 17.0 Å². The maximum atomic E-state index is 13.7. The van der Waals surface area contributed by atoms with Gasteiger partial charge in [-0.2, -0.15) is 17.6 Å². The number of nitrogens with zero attached hydrogens (tertiary/aromatic N) is 3. The van der Waals surface area contributed by atoms with E-state index in [9.17, 15) is 31.5 Å². The largest absolute Gasteiger partial charge is 0.439 e. The molecule has 2 atom stereocenters. The number of ether oxygens (including phenoxy) is 1. The number of fused-ring (bicyclic) bond motifs is 1. The molecule has 0 N–H and O–H groups in total. The highest BCUT2D eigenvalue weighted by Crippen LogP contribution is 2.52. The van der Waals surface area contributed by atoms with Crippen molar-refractivity contribution in [1.82, 2.24) is 14.5 Å². The molecule has 5 rings (SSSR count). The molecule has 1 saturated carbocycles. The predicted octanol–water partition coefficient (Wildman–Crippen LogP) is 4.87. The van der Waals surface area contributed by atoms with Gasteiger partial charge in [0.2, 0.25) is 0 Å². The van der Waals surface area contributed by atoms with Crippen molar-refractivity contribution in [3.63, 3.8) is 0 Å². The summed E-state index contributed by atoms with van der Waals surface area (Å²) < 4.78 is 73.1. The van der Waals surface area contributed by atoms with Gasteiger partial charge in [-0.1, -0.05) is 42.5 Å². The second-order valence-electron chi connectivity index (χ2n) is 9.20. The van der Waals surface area contributed by atoms with E-state index in [1.807, 2.05) is 30.3 Å². The summed E-state index contributed by atoms with van der Waals surface area (Å²) in [5, 5.41) is 0. The van der Waals surface area contributed by atoms with E-state index in [0.717, 1.165) is 10.5 Å². The van der Waals surface area contributed by atoms with Gasteiger partial charge in [-0.3, -0.25) is 9.36 Å². The van der Waals surface area contributed by atoms with Crippen molar-refractivity contribution in [2.75, 3.05) is 6.54 Å². The van der Waals surface area contributed by atoms with Gasteiger partial charge in [0.05, 0.1) is 24.7 Å². The van der Waals surface area contributed by atoms with E-state index in [1.165, 1.54) is 16.7 Å². The highest BCUT2D eigenvalue weighted by atomic mass is 19.3. The van der Waals surface area contributed by atoms with E-state index < -0.39 is 42.3 Å². The summed E-state index contributed by atoms with van der Waals surface area (Å²) >= 11 is 0. The highest BCUT2D eigenvalue weighted by molar-refractivity contribution is 5.68. The second kappa shape index (κ2) is 8.97. The van der Waals surface area contributed by atoms with E-state index in [2.05, 4.69) is 9.72 Å². The summed E-state index contributed by atoms with van der Waals surface area (Å²) in [5.74, 6) is -8.73. The topological polar surface area (TPSA) is 64.4 Å². The Morgan fingerprint density at radius 3 is 2.32 bits per heavy atom. The Labute approximate surface area is 208 Å². The summed E-state index contributed by atoms with van der Waals surface area (Å²) in [6.45, 7) is 1.40. The lowest BCUT2D eigenvalue weighted by molar-refractivity contribution is -0.330. The van der Waals surface area contributed by atoms with Crippen LogP contribution in [0.15, 0.2) is 59.4 Å². The van der Waals surface area contributed by atoms with E-state index in [4.69, 9.17) is 0 Å². The molecule has 2 unspecified atom stereocenters. The number of benzene rings is 2. The molecular weight excluding hydrogens is 497 g/mol. The Morgan fingerprint density at radius 1 is 1.05 bits per heavy atom. The molecule has 1 fully saturated rings. The fraction of sp³-hybridized carbons (Fsp3) is 0.346. The van der Waals surface area contributed by atoms with Crippen molar-refractivity contribution in [2.45, 2.75) is 50.3 Å². The molecule has 2 aliphatic rings. The number of carbonyl (C=O) groups excluding carboxylic acids is 1. The van der Waals surface area contributed by atoms with Crippen LogP contribution in [0.4, 0.5) is 26.7 Å². The van der Waals surface area contributed by atoms with Crippen molar-refractivity contribution in [3.05, 3.63) is 99.0 Å². The Kier molecular flexibility index (Phi) is 6.04. The van der Waals surface area contributed by atoms with Crippen molar-refractivity contribution in [2.24, 2.45) is 0 Å². The Bertz CT molecular complexity index is 1390. The first-order valence-corrected chi connectivity index (χ1v) is 11.6. The molecule has 6 nitrogen and oxygen atoms in total. The predicted molar refractivity (Wildman–Crippen MR) is 122 cm³/mol. The van der Waals surface area contributed by atoms with Crippen molar-refractivity contribution in [1.29, 1.82) is 0 Å². The van der Waals surface area contributed by atoms with Gasteiger partial charge in [-0.15, -0.1) is 0 Å². The van der Waals surface area contributed by atoms with Gasteiger partial charge in [-0.05, 0) is 36.6 Å². The summed E-state index contributed by atoms with van der Waals surface area (Å²) in [6, 6.07) is 14.4. The highest BCUT2D eigenvalue weighted by Gasteiger charge is 2.74. The van der Waals surface area contributed by atoms with Gasteiger partial charge in [-0.25, -0.2) is 14.2 Å². The maximum Gasteiger partial charge on any atom is 0.410 e. The number of halogens is 5. The van der Waals surface area contributed by atoms with Gasteiger partial charge in [0, 0.05) is 12.1 Å². The summed E-state index contributed by atoms with van der Waals surface area (Å²) in [7, 11) is 0. The monoisotopic (exact) mass is 519 g/mol. The Hall–Kier alpha value is -3.76. The molecule has 1 amide bonds. The van der Waals surface area contributed by atoms with Crippen LogP contribution >= 0.6 is 0 Å². The Balaban J connectivity index is 1.45. The molecular formula is C26H22F5N3O3. The van der Waals surface area contributed by atoms with Crippen LogP contribution in [0.25, 0.3) is 0 Å². The van der Waals surface area contributed by atoms with Crippen LogP contribution in [0.3, 0.4) is 0 Å². The van der Waals surface area contributed by atoms with Crippen LogP contribution in [-0.4, -0.2) is 45.0 Å². The molecule has 0 saturated heterocycles. The molecule has 1 aromatic heterocycles. The SMILES string of the molecule is Cc1nc2c(c(=O)n1C(c1ccccc1)c1ccc(F)cc1)CCN(C(=O)OC1CC(F)(F)C1(F)F)C2. The van der Waals surface area contributed by atoms with Gasteiger partial charge in [0.25, 0.3) is 5.56 Å². The standard InChI is InChI=1S/C26H22F5N3O3/c1-15-32-20-14-33(24(36)37-21-13-25(28,29)26(21,30)31)12-11-19(20)23(35)34(15)22(16-5-3-2-4-6-16)17-7-9-18(27)10-8-17/h2-10,21-22H,11-14H2,1H3. The molecule has 194 valence electrons. The molecule has 11 heteroatoms. The Morgan fingerprint density at radius 2 is 1.70 bits per heavy atom. The van der Waals surface area contributed by atoms with Crippen LogP contribution in [0.5, 0.6) is 0 Å². The van der Waals surface area contributed by atoms with Crippen LogP contribution in [-0.2, 0) is 17.7 Å². The molecule has 0 radical (unpaired) electrons. The zero-order valence-electron chi connectivity index (χ0n) is 19.6. The van der Waals surface area contributed by atoms with Crippen LogP contribution in [0, 0.1) is 12.7 Å². The lowest BCUT2D eigenvalue weighted by atomic mass is 9.85. The smallest absolute Gasteiger partial charge is 0.410 e. The van der Waals surface area contributed by atoms with Gasteiger partial charge in [0.15, 0.2) is 6.10 Å². The van der Waals surface area contributed by atoms with E-state index >= 15 is 0 Å². The molecule has 0 bridgehead atoms. The number of hydrogen-bond acceptors (Lipinski definition) is 4. The minimum atomic E-state index is -4.42. The number of aryl methyl sites for hydroxylation is 1. The first kappa shape index (κ1) is 24.9. The molecule has 2 heterocycles. The molecule has 3 aromatic rings. The van der Waals surface area contributed by atoms with Crippen LogP contribution in [0.1, 0.15) is 40.7 Å². The summed E-state index contributed by atoms with van der Waals surface area (Å²) in [4.78, 5) is 31.7. The molecule has 1 aliphatic carbocycles. The van der Waals surface area contributed by atoms with Crippen molar-refractivity contribution < 1.29 is 31.5 Å². The van der Waals surface area contributed by atoms with E-state index in [1.54, 1.807) is 19.1 Å². The van der Waals surface area contributed by atoms with Crippen LogP contribution in [0.2, 0.25) is 0 Å². The fourth-order valence-corrected chi connectivity index (χ4v) is 4.77. The van der Waals surface area contributed by atoms with Gasteiger partial charge in [0.1, 0.15) is 11.6 Å². The van der Waals surface area contributed by atoms with Gasteiger partial charge < -0.3 is 9.64 Å². The molecule has 0 spiro atoms. The first-order chi connectivity index (χ1) is 17.5. The molecule has 2 aromatic carbocycles. The summed E-state index contributed by atoms with van der Waals surface area (Å²) in [5.41, 5.74) is 1.72. The van der Waals surface area contributed by atoms with E-state index in [-0.39, 0.29) is 30.8 Å². The lowest BCUT2D eigenvalue weighted by Gasteiger charge is -2.43. The minimum Gasteiger partial charge on any atom is -0.439 e. The first-order valence-electron chi connectivity index (χ1n) is 11.6. The number of rotatable bonds is 4. The lowest BCUT2D eigenvalue weighted by Crippen LogP contribution is -2.64. The fourth-order valence-electron chi connectivity index (χ4n) is 4.77. The third-order valence-electron chi connectivity index (χ3n) is 6.84. The normalized spacial score (nSPS) is 20.5. The molecule has 1 aliphatic heterocycles. The average molecular weight is 519 g/mol. The number of alkyl halides is 4. The zero-order chi connectivity index (χ0) is 26.5.